The Labute approximate surface area is 345 Å². The van der Waals surface area contributed by atoms with Crippen LogP contribution in [0.4, 0.5) is 26.0 Å². The number of halogens is 2. The van der Waals surface area contributed by atoms with Crippen LogP contribution in [0.3, 0.4) is 0 Å². The number of benzene rings is 1. The van der Waals surface area contributed by atoms with Crippen LogP contribution in [0.1, 0.15) is 105 Å². The number of imide groups is 1. The summed E-state index contributed by atoms with van der Waals surface area (Å²) in [5, 5.41) is 13.7. The molecule has 318 valence electrons. The molecule has 0 bridgehead atoms. The van der Waals surface area contributed by atoms with Gasteiger partial charge in [0.15, 0.2) is 11.3 Å². The van der Waals surface area contributed by atoms with E-state index >= 15 is 0 Å². The van der Waals surface area contributed by atoms with E-state index in [0.29, 0.717) is 29.5 Å². The molecule has 1 aliphatic carbocycles. The SMILES string of the molecule is CN(C[C@H]1CC[C@H](n2cc(NC(=O)c3cnn4ccc(N5CCCCC5)nc34)c(C(F)F)n2)CC1)C1CCN(c2cccc3c2n(C)c(=O)n3C2CCC(=O)NC2=O)CC1. The summed E-state index contributed by atoms with van der Waals surface area (Å²) < 4.78 is 34.9. The lowest BCUT2D eigenvalue weighted by molar-refractivity contribution is -0.135. The molecule has 7 heterocycles. The maximum atomic E-state index is 14.3. The van der Waals surface area contributed by atoms with Gasteiger partial charge in [-0.05, 0) is 95.4 Å². The second-order valence-electron chi connectivity index (χ2n) is 17.0. The average Bonchev–Trinajstić information content (AvgIpc) is 3.95. The van der Waals surface area contributed by atoms with Crippen LogP contribution < -0.4 is 26.1 Å². The summed E-state index contributed by atoms with van der Waals surface area (Å²) in [6.07, 6.45) is 11.1. The van der Waals surface area contributed by atoms with Gasteiger partial charge in [-0.1, -0.05) is 6.07 Å². The number of alkyl halides is 2. The van der Waals surface area contributed by atoms with E-state index in [1.165, 1.54) is 21.7 Å². The van der Waals surface area contributed by atoms with Crippen molar-refractivity contribution in [3.8, 4) is 0 Å². The molecule has 0 spiro atoms. The molecule has 2 N–H and O–H groups in total. The second kappa shape index (κ2) is 16.4. The molecular formula is C42H52F2N12O4. The first kappa shape index (κ1) is 39.8. The number of nitrogens with one attached hydrogen (secondary N) is 2. The van der Waals surface area contributed by atoms with Crippen molar-refractivity contribution in [2.75, 3.05) is 54.9 Å². The third-order valence-corrected chi connectivity index (χ3v) is 13.3. The van der Waals surface area contributed by atoms with E-state index in [4.69, 9.17) is 4.98 Å². The third-order valence-electron chi connectivity index (χ3n) is 13.3. The lowest BCUT2D eigenvalue weighted by atomic mass is 9.85. The van der Waals surface area contributed by atoms with E-state index in [0.717, 1.165) is 101 Å². The Bertz CT molecular complexity index is 2470. The van der Waals surface area contributed by atoms with Crippen LogP contribution in [0.15, 0.2) is 47.7 Å². The molecule has 4 fully saturated rings. The molecule has 3 aliphatic heterocycles. The van der Waals surface area contributed by atoms with Crippen molar-refractivity contribution in [2.45, 2.75) is 95.2 Å². The first-order valence-electron chi connectivity index (χ1n) is 21.3. The molecule has 1 atom stereocenters. The van der Waals surface area contributed by atoms with Crippen molar-refractivity contribution in [1.82, 2.24) is 43.7 Å². The zero-order chi connectivity index (χ0) is 41.7. The van der Waals surface area contributed by atoms with Crippen molar-refractivity contribution in [3.05, 3.63) is 64.6 Å². The zero-order valence-electron chi connectivity index (χ0n) is 34.1. The Morgan fingerprint density at radius 3 is 2.47 bits per heavy atom. The van der Waals surface area contributed by atoms with Crippen LogP contribution in [0, 0.1) is 5.92 Å². The number of piperidine rings is 3. The highest BCUT2D eigenvalue weighted by atomic mass is 19.3. The minimum absolute atomic E-state index is 0.0000710. The van der Waals surface area contributed by atoms with Crippen molar-refractivity contribution in [2.24, 2.45) is 13.0 Å². The number of rotatable bonds is 10. The normalized spacial score (nSPS) is 22.1. The van der Waals surface area contributed by atoms with Crippen molar-refractivity contribution in [3.63, 3.8) is 0 Å². The number of aromatic nitrogens is 7. The summed E-state index contributed by atoms with van der Waals surface area (Å²) >= 11 is 0. The van der Waals surface area contributed by atoms with E-state index in [9.17, 15) is 28.0 Å². The summed E-state index contributed by atoms with van der Waals surface area (Å²) in [5.74, 6) is -0.0861. The standard InChI is InChI=1S/C42H52F2N12O4/c1-50(27-15-20-52(21-16-27)31-7-6-8-32-37(31)51(2)42(60)56(32)33-13-14-35(57)48-41(33)59)24-26-9-11-28(12-10-26)55-25-30(36(49-55)38(43)44)46-40(58)29-23-45-54-22-17-34(47-39(29)54)53-18-4-3-5-19-53/h6-8,17,22-23,25-28,33,38H,3-5,9-16,18-21,24H2,1-2H3,(H,46,58)(H,48,57,59)/t26-,28-,33?. The quantitative estimate of drug-likeness (QED) is 0.182. The summed E-state index contributed by atoms with van der Waals surface area (Å²) in [6, 6.07) is 7.32. The van der Waals surface area contributed by atoms with Crippen LogP contribution in [-0.2, 0) is 16.6 Å². The number of carbonyl (C=O) groups is 3. The number of amides is 3. The van der Waals surface area contributed by atoms with Gasteiger partial charge in [0, 0.05) is 64.6 Å². The molecular weight excluding hydrogens is 775 g/mol. The number of nitrogens with zero attached hydrogens (tertiary/aromatic N) is 10. The molecule has 1 saturated carbocycles. The maximum Gasteiger partial charge on any atom is 0.329 e. The van der Waals surface area contributed by atoms with Gasteiger partial charge in [-0.2, -0.15) is 10.2 Å². The van der Waals surface area contributed by atoms with Crippen LogP contribution in [0.25, 0.3) is 16.7 Å². The minimum atomic E-state index is -2.86. The Morgan fingerprint density at radius 2 is 1.73 bits per heavy atom. The first-order valence-corrected chi connectivity index (χ1v) is 21.3. The smallest absolute Gasteiger partial charge is 0.329 e. The predicted molar refractivity (Wildman–Crippen MR) is 222 cm³/mol. The largest absolute Gasteiger partial charge is 0.370 e. The minimum Gasteiger partial charge on any atom is -0.370 e. The van der Waals surface area contributed by atoms with E-state index in [1.54, 1.807) is 28.7 Å². The van der Waals surface area contributed by atoms with Gasteiger partial charge in [-0.15, -0.1) is 0 Å². The van der Waals surface area contributed by atoms with Gasteiger partial charge < -0.3 is 20.0 Å². The van der Waals surface area contributed by atoms with Gasteiger partial charge in [-0.25, -0.2) is 23.1 Å². The Hall–Kier alpha value is -5.65. The van der Waals surface area contributed by atoms with Gasteiger partial charge in [0.05, 0.1) is 34.6 Å². The lowest BCUT2D eigenvalue weighted by Gasteiger charge is -2.40. The van der Waals surface area contributed by atoms with Gasteiger partial charge in [0.25, 0.3) is 12.3 Å². The van der Waals surface area contributed by atoms with E-state index in [-0.39, 0.29) is 35.3 Å². The molecule has 60 heavy (non-hydrogen) atoms. The summed E-state index contributed by atoms with van der Waals surface area (Å²) in [4.78, 5) is 63.2. The molecule has 1 unspecified atom stereocenters. The predicted octanol–water partition coefficient (Wildman–Crippen LogP) is 5.07. The van der Waals surface area contributed by atoms with Crippen molar-refractivity contribution >= 4 is 51.6 Å². The topological polar surface area (TPSA) is 160 Å². The van der Waals surface area contributed by atoms with Crippen LogP contribution >= 0.6 is 0 Å². The summed E-state index contributed by atoms with van der Waals surface area (Å²) in [5.41, 5.74) is 2.30. The maximum absolute atomic E-state index is 14.3. The fourth-order valence-corrected chi connectivity index (χ4v) is 9.96. The van der Waals surface area contributed by atoms with Crippen LogP contribution in [0.2, 0.25) is 0 Å². The van der Waals surface area contributed by atoms with Crippen LogP contribution in [-0.4, -0.2) is 102 Å². The highest BCUT2D eigenvalue weighted by molar-refractivity contribution is 6.08. The molecule has 4 aliphatic rings. The number of aryl methyl sites for hydroxylation is 1. The summed E-state index contributed by atoms with van der Waals surface area (Å²) in [6.45, 7) is 4.36. The number of hydrogen-bond acceptors (Lipinski definition) is 10. The number of anilines is 3. The molecule has 3 saturated heterocycles. The molecule has 18 heteroatoms. The molecule has 5 aromatic rings. The average molecular weight is 827 g/mol. The highest BCUT2D eigenvalue weighted by Gasteiger charge is 2.34. The van der Waals surface area contributed by atoms with E-state index < -0.39 is 30.0 Å². The number of carbonyl (C=O) groups excluding carboxylic acids is 3. The van der Waals surface area contributed by atoms with Gasteiger partial charge in [0.1, 0.15) is 17.4 Å². The van der Waals surface area contributed by atoms with Gasteiger partial charge >= 0.3 is 5.69 Å². The Balaban J connectivity index is 0.801. The van der Waals surface area contributed by atoms with Crippen molar-refractivity contribution in [1.29, 1.82) is 0 Å². The molecule has 16 nitrogen and oxygen atoms in total. The molecule has 1 aromatic carbocycles. The summed E-state index contributed by atoms with van der Waals surface area (Å²) in [7, 11) is 3.92. The molecule has 3 amide bonds. The Kier molecular flexibility index (Phi) is 10.9. The van der Waals surface area contributed by atoms with Crippen LogP contribution in [0.5, 0.6) is 0 Å². The number of imidazole rings is 1. The molecule has 9 rings (SSSR count). The number of para-hydroxylation sites is 1. The fourth-order valence-electron chi connectivity index (χ4n) is 9.96. The van der Waals surface area contributed by atoms with Gasteiger partial charge in [0.2, 0.25) is 11.8 Å². The zero-order valence-corrected chi connectivity index (χ0v) is 34.1. The van der Waals surface area contributed by atoms with E-state index in [1.807, 2.05) is 24.3 Å². The van der Waals surface area contributed by atoms with Gasteiger partial charge in [-0.3, -0.25) is 33.5 Å². The third kappa shape index (κ3) is 7.53. The van der Waals surface area contributed by atoms with Crippen molar-refractivity contribution < 1.29 is 23.2 Å². The Morgan fingerprint density at radius 1 is 0.967 bits per heavy atom. The highest BCUT2D eigenvalue weighted by Crippen LogP contribution is 2.37. The molecule has 4 aromatic heterocycles. The monoisotopic (exact) mass is 826 g/mol. The van der Waals surface area contributed by atoms with E-state index in [2.05, 4.69) is 42.6 Å². The molecule has 0 radical (unpaired) electrons. The number of fused-ring (bicyclic) bond motifs is 2. The first-order chi connectivity index (χ1) is 29.0. The second-order valence-corrected chi connectivity index (χ2v) is 17.0. The number of hydrogen-bond donors (Lipinski definition) is 2. The fraction of sp³-hybridized carbons (Fsp3) is 0.548. The lowest BCUT2D eigenvalue weighted by Crippen LogP contribution is -2.45.